The maximum atomic E-state index is 14.5. The second-order valence-corrected chi connectivity index (χ2v) is 14.9. The van der Waals surface area contributed by atoms with Crippen LogP contribution in [0.2, 0.25) is 0 Å². The number of anilines is 2. The van der Waals surface area contributed by atoms with Gasteiger partial charge in [-0.3, -0.25) is 39.1 Å². The fraction of sp³-hybridized carbons (Fsp3) is 0.279. The minimum absolute atomic E-state index is 0.000430. The van der Waals surface area contributed by atoms with Crippen molar-refractivity contribution in [3.05, 3.63) is 124 Å². The molecule has 16 heteroatoms. The third kappa shape index (κ3) is 7.76. The number of fused-ring (bicyclic) bond motifs is 2. The van der Waals surface area contributed by atoms with Gasteiger partial charge < -0.3 is 10.2 Å². The molecular weight excluding hydrogens is 766 g/mol. The number of benzene rings is 3. The second-order valence-electron chi connectivity index (χ2n) is 14.9. The molecular formula is C43H37F3N8O5. The van der Waals surface area contributed by atoms with Gasteiger partial charge in [-0.2, -0.15) is 18.3 Å². The van der Waals surface area contributed by atoms with E-state index in [0.29, 0.717) is 49.4 Å². The number of alkyl halides is 3. The molecule has 0 bridgehead atoms. The quantitative estimate of drug-likeness (QED) is 0.167. The number of imide groups is 2. The minimum Gasteiger partial charge on any atom is -0.371 e. The molecule has 300 valence electrons. The Kier molecular flexibility index (Phi) is 10.2. The Morgan fingerprint density at radius 1 is 0.949 bits per heavy atom. The van der Waals surface area contributed by atoms with Crippen LogP contribution in [0.4, 0.5) is 24.5 Å². The maximum absolute atomic E-state index is 14.5. The number of hydrogen-bond acceptors (Lipinski definition) is 9. The van der Waals surface area contributed by atoms with Gasteiger partial charge in [-0.1, -0.05) is 18.1 Å². The number of aromatic nitrogens is 3. The topological polar surface area (TPSA) is 149 Å². The predicted octanol–water partition coefficient (Wildman–Crippen LogP) is 5.21. The minimum atomic E-state index is -4.69. The van der Waals surface area contributed by atoms with E-state index in [2.05, 4.69) is 37.5 Å². The first-order valence-electron chi connectivity index (χ1n) is 19.0. The molecule has 0 aliphatic carbocycles. The summed E-state index contributed by atoms with van der Waals surface area (Å²) < 4.78 is 45.2. The Morgan fingerprint density at radius 3 is 2.49 bits per heavy atom. The summed E-state index contributed by atoms with van der Waals surface area (Å²) in [6.45, 7) is 2.95. The van der Waals surface area contributed by atoms with Crippen LogP contribution in [0.3, 0.4) is 0 Å². The Labute approximate surface area is 336 Å². The molecule has 8 rings (SSSR count). The fourth-order valence-corrected chi connectivity index (χ4v) is 7.84. The summed E-state index contributed by atoms with van der Waals surface area (Å²) in [5.74, 6) is 3.20. The zero-order chi connectivity index (χ0) is 41.6. The van der Waals surface area contributed by atoms with Crippen molar-refractivity contribution < 1.29 is 37.1 Å². The van der Waals surface area contributed by atoms with Crippen LogP contribution >= 0.6 is 0 Å². The van der Waals surface area contributed by atoms with E-state index in [1.165, 1.54) is 12.1 Å². The van der Waals surface area contributed by atoms with Crippen LogP contribution in [0, 0.1) is 18.8 Å². The van der Waals surface area contributed by atoms with Crippen LogP contribution in [-0.4, -0.2) is 86.2 Å². The van der Waals surface area contributed by atoms with Gasteiger partial charge in [-0.15, -0.1) is 0 Å². The van der Waals surface area contributed by atoms with Crippen molar-refractivity contribution in [2.24, 2.45) is 0 Å². The van der Waals surface area contributed by atoms with E-state index in [1.807, 2.05) is 14.0 Å². The molecule has 59 heavy (non-hydrogen) atoms. The van der Waals surface area contributed by atoms with Gasteiger partial charge in [0.05, 0.1) is 22.9 Å². The van der Waals surface area contributed by atoms with Gasteiger partial charge >= 0.3 is 6.18 Å². The fourth-order valence-electron chi connectivity index (χ4n) is 7.84. The number of amides is 5. The molecule has 1 unspecified atom stereocenters. The molecule has 2 saturated heterocycles. The lowest BCUT2D eigenvalue weighted by molar-refractivity contribution is -0.137. The molecule has 2 N–H and O–H groups in total. The molecule has 3 aliphatic rings. The van der Waals surface area contributed by atoms with Crippen LogP contribution in [0.15, 0.2) is 79.1 Å². The highest BCUT2D eigenvalue weighted by molar-refractivity contribution is 6.23. The number of carbonyl (C=O) groups is 5. The molecule has 13 nitrogen and oxygen atoms in total. The normalized spacial score (nSPS) is 17.3. The monoisotopic (exact) mass is 802 g/mol. The molecule has 0 radical (unpaired) electrons. The number of piperidine rings is 2. The highest BCUT2D eigenvalue weighted by Crippen LogP contribution is 2.40. The molecule has 0 spiro atoms. The van der Waals surface area contributed by atoms with Gasteiger partial charge in [0.2, 0.25) is 11.8 Å². The second kappa shape index (κ2) is 15.5. The van der Waals surface area contributed by atoms with Gasteiger partial charge in [-0.05, 0) is 105 Å². The van der Waals surface area contributed by atoms with Crippen molar-refractivity contribution in [1.29, 1.82) is 0 Å². The highest BCUT2D eigenvalue weighted by atomic mass is 19.4. The number of aryl methyl sites for hydroxylation is 1. The summed E-state index contributed by atoms with van der Waals surface area (Å²) in [7, 11) is 1.90. The number of carbonyl (C=O) groups excluding carboxylic acids is 5. The van der Waals surface area contributed by atoms with Gasteiger partial charge in [0, 0.05) is 60.8 Å². The van der Waals surface area contributed by atoms with Crippen LogP contribution in [0.5, 0.6) is 0 Å². The van der Waals surface area contributed by atoms with E-state index < -0.39 is 47.3 Å². The van der Waals surface area contributed by atoms with Gasteiger partial charge in [0.15, 0.2) is 5.65 Å². The zero-order valence-corrected chi connectivity index (χ0v) is 32.0. The van der Waals surface area contributed by atoms with Crippen LogP contribution in [0.25, 0.3) is 5.65 Å². The lowest BCUT2D eigenvalue weighted by Gasteiger charge is -2.38. The predicted molar refractivity (Wildman–Crippen MR) is 209 cm³/mol. The molecule has 5 heterocycles. The Morgan fingerprint density at radius 2 is 1.73 bits per heavy atom. The first kappa shape index (κ1) is 39.0. The van der Waals surface area contributed by atoms with E-state index in [-0.39, 0.29) is 46.9 Å². The first-order valence-corrected chi connectivity index (χ1v) is 19.0. The van der Waals surface area contributed by atoms with Crippen molar-refractivity contribution in [2.45, 2.75) is 57.4 Å². The molecule has 1 atom stereocenters. The SMILES string of the molecule is Cc1ccc(C(=O)Nc2ccc(N3CCC(N(C)Cc4ccc5c(c4)C(=O)N(C4CCC(=O)NC4=O)C5=O)CC3)c(C(F)(F)F)c2)cc1C#Cc1cnc2cccnn12. The number of halogens is 3. The molecule has 3 aromatic carbocycles. The smallest absolute Gasteiger partial charge is 0.371 e. The Balaban J connectivity index is 0.909. The standard InChI is InChI=1S/C43H37F3N8O5/c1-25-5-7-28(21-27(25)8-10-31-23-47-37-4-3-17-48-54(31)37)39(56)49-29-9-12-35(34(22-29)43(44,45)46)52-18-15-30(16-19-52)51(2)24-26-6-11-32-33(20-26)42(59)53(41(32)58)36-13-14-38(55)50-40(36)57/h3-7,9,11-12,17,20-23,30,36H,13-16,18-19,24H2,1-2H3,(H,49,56)(H,50,55,57). The van der Waals surface area contributed by atoms with E-state index in [4.69, 9.17) is 0 Å². The summed E-state index contributed by atoms with van der Waals surface area (Å²) >= 11 is 0. The lowest BCUT2D eigenvalue weighted by atomic mass is 10.00. The zero-order valence-electron chi connectivity index (χ0n) is 32.0. The summed E-state index contributed by atoms with van der Waals surface area (Å²) in [6.07, 6.45) is -0.267. The summed E-state index contributed by atoms with van der Waals surface area (Å²) in [5, 5.41) is 9.06. The van der Waals surface area contributed by atoms with Crippen LogP contribution < -0.4 is 15.5 Å². The lowest BCUT2D eigenvalue weighted by Crippen LogP contribution is -2.54. The Bertz CT molecular complexity index is 2620. The maximum Gasteiger partial charge on any atom is 0.418 e. The van der Waals surface area contributed by atoms with Gasteiger partial charge in [-0.25, -0.2) is 9.50 Å². The third-order valence-electron chi connectivity index (χ3n) is 11.0. The van der Waals surface area contributed by atoms with Crippen molar-refractivity contribution in [3.63, 3.8) is 0 Å². The van der Waals surface area contributed by atoms with Crippen molar-refractivity contribution in [1.82, 2.24) is 29.7 Å². The number of nitrogens with one attached hydrogen (secondary N) is 2. The van der Waals surface area contributed by atoms with Crippen LogP contribution in [-0.2, 0) is 22.3 Å². The van der Waals surface area contributed by atoms with Gasteiger partial charge in [0.25, 0.3) is 17.7 Å². The number of hydrogen-bond donors (Lipinski definition) is 2. The van der Waals surface area contributed by atoms with Crippen LogP contribution in [0.1, 0.15) is 84.7 Å². The number of rotatable bonds is 7. The van der Waals surface area contributed by atoms with Crippen molar-refractivity contribution in [3.8, 4) is 11.8 Å². The molecule has 2 aromatic heterocycles. The van der Waals surface area contributed by atoms with Gasteiger partial charge in [0.1, 0.15) is 11.7 Å². The number of imidazole rings is 1. The molecule has 5 aromatic rings. The van der Waals surface area contributed by atoms with Crippen molar-refractivity contribution in [2.75, 3.05) is 30.4 Å². The van der Waals surface area contributed by atoms with E-state index in [9.17, 15) is 37.1 Å². The highest BCUT2D eigenvalue weighted by Gasteiger charge is 2.45. The summed E-state index contributed by atoms with van der Waals surface area (Å²) in [5.41, 5.74) is 3.10. The first-order chi connectivity index (χ1) is 28.2. The summed E-state index contributed by atoms with van der Waals surface area (Å²) in [4.78, 5) is 72.7. The van der Waals surface area contributed by atoms with E-state index in [0.717, 1.165) is 22.1 Å². The largest absolute Gasteiger partial charge is 0.418 e. The van der Waals surface area contributed by atoms with Crippen molar-refractivity contribution >= 4 is 46.6 Å². The molecule has 2 fully saturated rings. The van der Waals surface area contributed by atoms with E-state index in [1.54, 1.807) is 70.3 Å². The summed E-state index contributed by atoms with van der Waals surface area (Å²) in [6, 6.07) is 16.2. The Hall–Kier alpha value is -6.86. The average molecular weight is 803 g/mol. The average Bonchev–Trinajstić information content (AvgIpc) is 3.74. The third-order valence-corrected chi connectivity index (χ3v) is 11.0. The molecule has 5 amide bonds. The number of nitrogens with zero attached hydrogens (tertiary/aromatic N) is 6. The molecule has 0 saturated carbocycles. The van der Waals surface area contributed by atoms with E-state index >= 15 is 0 Å². The molecule has 3 aliphatic heterocycles.